The molecule has 1 amide bonds. The number of ether oxygens (including phenoxy) is 1. The van der Waals surface area contributed by atoms with Crippen LogP contribution in [0.1, 0.15) is 27.6 Å². The summed E-state index contributed by atoms with van der Waals surface area (Å²) in [5.74, 6) is -0.0225. The molecule has 3 rings (SSSR count). The van der Waals surface area contributed by atoms with Gasteiger partial charge in [0.1, 0.15) is 5.75 Å². The second kappa shape index (κ2) is 9.01. The van der Waals surface area contributed by atoms with E-state index in [9.17, 15) is 18.0 Å². The number of ketones is 1. The lowest BCUT2D eigenvalue weighted by Crippen LogP contribution is -2.27. The van der Waals surface area contributed by atoms with E-state index >= 15 is 0 Å². The molecule has 0 aliphatic heterocycles. The first-order valence-corrected chi connectivity index (χ1v) is 10.8. The molecule has 0 heterocycles. The van der Waals surface area contributed by atoms with E-state index in [1.54, 1.807) is 48.5 Å². The standard InChI is InChI=1S/C23H22N2O5S/c1-16(26)17-8-12-19(13-9-17)24-23(27)18-10-14-20(15-11-18)31(28,29)25(2)21-6-4-5-7-22(21)30-3/h4-15H,1-3H3,(H,24,27). The van der Waals surface area contributed by atoms with Crippen LogP contribution in [0.15, 0.2) is 77.7 Å². The normalized spacial score (nSPS) is 10.9. The van der Waals surface area contributed by atoms with Crippen molar-refractivity contribution in [3.63, 3.8) is 0 Å². The highest BCUT2D eigenvalue weighted by molar-refractivity contribution is 7.92. The number of methoxy groups -OCH3 is 1. The van der Waals surface area contributed by atoms with Gasteiger partial charge in [0.25, 0.3) is 15.9 Å². The molecule has 160 valence electrons. The Kier molecular flexibility index (Phi) is 6.41. The summed E-state index contributed by atoms with van der Waals surface area (Å²) in [6.07, 6.45) is 0. The summed E-state index contributed by atoms with van der Waals surface area (Å²) in [7, 11) is -0.934. The van der Waals surface area contributed by atoms with Gasteiger partial charge in [0, 0.05) is 23.9 Å². The lowest BCUT2D eigenvalue weighted by molar-refractivity contribution is 0.101. The number of carbonyl (C=O) groups excluding carboxylic acids is 2. The van der Waals surface area contributed by atoms with Crippen LogP contribution < -0.4 is 14.4 Å². The predicted molar refractivity (Wildman–Crippen MR) is 119 cm³/mol. The van der Waals surface area contributed by atoms with Crippen LogP contribution in [0.4, 0.5) is 11.4 Å². The van der Waals surface area contributed by atoms with Crippen LogP contribution >= 0.6 is 0 Å². The maximum Gasteiger partial charge on any atom is 0.264 e. The van der Waals surface area contributed by atoms with Gasteiger partial charge in [-0.25, -0.2) is 8.42 Å². The van der Waals surface area contributed by atoms with Gasteiger partial charge in [-0.3, -0.25) is 13.9 Å². The Morgan fingerprint density at radius 1 is 0.871 bits per heavy atom. The quantitative estimate of drug-likeness (QED) is 0.564. The lowest BCUT2D eigenvalue weighted by atomic mass is 10.1. The molecule has 0 fully saturated rings. The van der Waals surface area contributed by atoms with E-state index in [4.69, 9.17) is 4.74 Å². The van der Waals surface area contributed by atoms with Crippen LogP contribution in [0.3, 0.4) is 0 Å². The van der Waals surface area contributed by atoms with Gasteiger partial charge in [-0.1, -0.05) is 12.1 Å². The van der Waals surface area contributed by atoms with Gasteiger partial charge in [0.05, 0.1) is 17.7 Å². The van der Waals surface area contributed by atoms with E-state index in [-0.39, 0.29) is 10.7 Å². The average molecular weight is 439 g/mol. The van der Waals surface area contributed by atoms with Crippen molar-refractivity contribution in [1.29, 1.82) is 0 Å². The van der Waals surface area contributed by atoms with Gasteiger partial charge in [-0.05, 0) is 67.6 Å². The Morgan fingerprint density at radius 3 is 2.03 bits per heavy atom. The predicted octanol–water partition coefficient (Wildman–Crippen LogP) is 3.98. The van der Waals surface area contributed by atoms with Gasteiger partial charge in [0.15, 0.2) is 5.78 Å². The number of anilines is 2. The molecule has 8 heteroatoms. The SMILES string of the molecule is COc1ccccc1N(C)S(=O)(=O)c1ccc(C(=O)Nc2ccc(C(C)=O)cc2)cc1. The smallest absolute Gasteiger partial charge is 0.264 e. The Labute approximate surface area is 181 Å². The molecule has 0 bridgehead atoms. The van der Waals surface area contributed by atoms with Crippen LogP contribution in [0.5, 0.6) is 5.75 Å². The van der Waals surface area contributed by atoms with E-state index in [2.05, 4.69) is 5.32 Å². The number of nitrogens with zero attached hydrogens (tertiary/aromatic N) is 1. The third kappa shape index (κ3) is 4.75. The second-order valence-electron chi connectivity index (χ2n) is 6.76. The molecule has 0 aliphatic rings. The van der Waals surface area contributed by atoms with Crippen LogP contribution in [0.2, 0.25) is 0 Å². The van der Waals surface area contributed by atoms with Gasteiger partial charge >= 0.3 is 0 Å². The molecule has 0 aliphatic carbocycles. The van der Waals surface area contributed by atoms with Gasteiger partial charge < -0.3 is 10.1 Å². The minimum Gasteiger partial charge on any atom is -0.495 e. The number of Topliss-reactive ketones (excluding diaryl/α,β-unsaturated/α-hetero) is 1. The molecule has 0 unspecified atom stereocenters. The monoisotopic (exact) mass is 438 g/mol. The van der Waals surface area contributed by atoms with Crippen LogP contribution in [-0.2, 0) is 10.0 Å². The van der Waals surface area contributed by atoms with Crippen molar-refractivity contribution in [3.05, 3.63) is 83.9 Å². The molecular weight excluding hydrogens is 416 g/mol. The Morgan fingerprint density at radius 2 is 1.45 bits per heavy atom. The molecule has 3 aromatic carbocycles. The molecule has 31 heavy (non-hydrogen) atoms. The summed E-state index contributed by atoms with van der Waals surface area (Å²) < 4.78 is 32.4. The fraction of sp³-hybridized carbons (Fsp3) is 0.130. The summed E-state index contributed by atoms with van der Waals surface area (Å²) in [5.41, 5.74) is 1.78. The number of benzene rings is 3. The van der Waals surface area contributed by atoms with E-state index < -0.39 is 15.9 Å². The Balaban J connectivity index is 1.78. The summed E-state index contributed by atoms with van der Waals surface area (Å²) in [6, 6.07) is 19.0. The number of nitrogens with one attached hydrogen (secondary N) is 1. The molecule has 0 saturated heterocycles. The zero-order valence-electron chi connectivity index (χ0n) is 17.3. The minimum absolute atomic E-state index is 0.0447. The first-order valence-electron chi connectivity index (χ1n) is 9.38. The highest BCUT2D eigenvalue weighted by atomic mass is 32.2. The molecular formula is C23H22N2O5S. The maximum atomic E-state index is 13.0. The van der Waals surface area contributed by atoms with Crippen LogP contribution in [-0.4, -0.2) is 34.3 Å². The van der Waals surface area contributed by atoms with Gasteiger partial charge in [0.2, 0.25) is 0 Å². The molecule has 7 nitrogen and oxygen atoms in total. The number of carbonyl (C=O) groups is 2. The van der Waals surface area contributed by atoms with Gasteiger partial charge in [-0.15, -0.1) is 0 Å². The number of rotatable bonds is 7. The van der Waals surface area contributed by atoms with Crippen molar-refractivity contribution in [1.82, 2.24) is 0 Å². The molecule has 0 spiro atoms. The summed E-state index contributed by atoms with van der Waals surface area (Å²) in [4.78, 5) is 23.9. The second-order valence-corrected chi connectivity index (χ2v) is 8.73. The van der Waals surface area contributed by atoms with Crippen LogP contribution in [0, 0.1) is 0 Å². The largest absolute Gasteiger partial charge is 0.495 e. The highest BCUT2D eigenvalue weighted by Gasteiger charge is 2.24. The van der Waals surface area contributed by atoms with E-state index in [0.717, 1.165) is 4.31 Å². The van der Waals surface area contributed by atoms with E-state index in [0.29, 0.717) is 28.3 Å². The minimum atomic E-state index is -3.85. The number of hydrogen-bond donors (Lipinski definition) is 1. The summed E-state index contributed by atoms with van der Waals surface area (Å²) in [5, 5.41) is 2.72. The Hall–Kier alpha value is -3.65. The first-order chi connectivity index (χ1) is 14.7. The van der Waals surface area contributed by atoms with Crippen LogP contribution in [0.25, 0.3) is 0 Å². The van der Waals surface area contributed by atoms with Crippen molar-refractivity contribution in [2.24, 2.45) is 0 Å². The molecule has 0 atom stereocenters. The molecule has 0 radical (unpaired) electrons. The van der Waals surface area contributed by atoms with E-state index in [1.807, 2.05) is 0 Å². The number of sulfonamides is 1. The molecule has 0 saturated carbocycles. The third-order valence-corrected chi connectivity index (χ3v) is 6.53. The Bertz CT molecular complexity index is 1200. The average Bonchev–Trinajstić information content (AvgIpc) is 2.78. The van der Waals surface area contributed by atoms with Crippen molar-refractivity contribution in [2.75, 3.05) is 23.8 Å². The highest BCUT2D eigenvalue weighted by Crippen LogP contribution is 2.30. The zero-order chi connectivity index (χ0) is 22.6. The molecule has 0 aromatic heterocycles. The maximum absolute atomic E-state index is 13.0. The molecule has 1 N–H and O–H groups in total. The van der Waals surface area contributed by atoms with Crippen molar-refractivity contribution in [2.45, 2.75) is 11.8 Å². The van der Waals surface area contributed by atoms with Crippen molar-refractivity contribution in [3.8, 4) is 5.75 Å². The van der Waals surface area contributed by atoms with E-state index in [1.165, 1.54) is 45.3 Å². The molecule has 3 aromatic rings. The zero-order valence-corrected chi connectivity index (χ0v) is 18.1. The topological polar surface area (TPSA) is 92.8 Å². The number of amides is 1. The van der Waals surface area contributed by atoms with Gasteiger partial charge in [-0.2, -0.15) is 0 Å². The first kappa shape index (κ1) is 22.0. The fourth-order valence-corrected chi connectivity index (χ4v) is 4.15. The van der Waals surface area contributed by atoms with Crippen molar-refractivity contribution >= 4 is 33.1 Å². The fourth-order valence-electron chi connectivity index (χ4n) is 2.95. The third-order valence-electron chi connectivity index (χ3n) is 4.75. The number of hydrogen-bond acceptors (Lipinski definition) is 5. The summed E-state index contributed by atoms with van der Waals surface area (Å²) in [6.45, 7) is 1.47. The van der Waals surface area contributed by atoms with Crippen molar-refractivity contribution < 1.29 is 22.7 Å². The summed E-state index contributed by atoms with van der Waals surface area (Å²) >= 11 is 0. The number of para-hydroxylation sites is 2. The lowest BCUT2D eigenvalue weighted by Gasteiger charge is -2.21.